The Morgan fingerprint density at radius 2 is 1.70 bits per heavy atom. The molecule has 4 rings (SSSR count). The van der Waals surface area contributed by atoms with Gasteiger partial charge in [0.05, 0.1) is 11.2 Å². The Bertz CT molecular complexity index is 1410. The average Bonchev–Trinajstić information content (AvgIpc) is 3.11. The van der Waals surface area contributed by atoms with E-state index in [0.717, 1.165) is 41.5 Å². The highest BCUT2D eigenvalue weighted by molar-refractivity contribution is 7.89. The molecule has 1 aromatic heterocycles. The number of nitrogens with two attached hydrogens (primary N) is 1. The second-order valence-electron chi connectivity index (χ2n) is 7.94. The van der Waals surface area contributed by atoms with E-state index in [0.29, 0.717) is 17.5 Å². The number of nitrogens with zero attached hydrogens (tertiary/aromatic N) is 2. The summed E-state index contributed by atoms with van der Waals surface area (Å²) in [6, 6.07) is 11.6. The van der Waals surface area contributed by atoms with Crippen LogP contribution in [0, 0.1) is 6.92 Å². The first-order valence-electron chi connectivity index (χ1n) is 10.1. The highest BCUT2D eigenvalue weighted by Gasteiger charge is 2.25. The van der Waals surface area contributed by atoms with Crippen LogP contribution in [0.1, 0.15) is 29.2 Å². The number of nitrogens with one attached hydrogen (secondary N) is 3. The molecule has 5 N–H and O–H groups in total. The van der Waals surface area contributed by atoms with E-state index in [4.69, 9.17) is 5.14 Å². The summed E-state index contributed by atoms with van der Waals surface area (Å²) in [7, 11) is -7.08. The third-order valence-corrected chi connectivity index (χ3v) is 6.90. The van der Waals surface area contributed by atoms with Crippen LogP contribution in [0.5, 0.6) is 0 Å². The van der Waals surface area contributed by atoms with Crippen molar-refractivity contribution in [3.63, 3.8) is 0 Å². The van der Waals surface area contributed by atoms with Gasteiger partial charge in [-0.15, -0.1) is 0 Å². The van der Waals surface area contributed by atoms with Crippen LogP contribution in [-0.2, 0) is 26.5 Å². The van der Waals surface area contributed by atoms with E-state index in [2.05, 4.69) is 25.3 Å². The van der Waals surface area contributed by atoms with Crippen molar-refractivity contribution >= 4 is 43.2 Å². The lowest BCUT2D eigenvalue weighted by Crippen LogP contribution is -2.25. The molecule has 1 aliphatic carbocycles. The number of benzene rings is 2. The smallest absolute Gasteiger partial charge is 0.238 e. The molecule has 0 bridgehead atoms. The van der Waals surface area contributed by atoms with Crippen LogP contribution in [0.4, 0.5) is 23.1 Å². The number of anilines is 4. The van der Waals surface area contributed by atoms with E-state index < -0.39 is 20.0 Å². The van der Waals surface area contributed by atoms with Crippen LogP contribution in [0.25, 0.3) is 0 Å². The first kappa shape index (κ1) is 23.1. The Kier molecular flexibility index (Phi) is 6.10. The summed E-state index contributed by atoms with van der Waals surface area (Å²) < 4.78 is 48.9. The molecule has 174 valence electrons. The Hall–Kier alpha value is -3.06. The van der Waals surface area contributed by atoms with Gasteiger partial charge in [-0.1, -0.05) is 6.07 Å². The highest BCUT2D eigenvalue weighted by atomic mass is 32.2. The topological polar surface area (TPSA) is 156 Å². The molecule has 10 nitrogen and oxygen atoms in total. The molecule has 0 amide bonds. The van der Waals surface area contributed by atoms with Crippen molar-refractivity contribution in [2.45, 2.75) is 30.7 Å². The molecule has 2 aromatic carbocycles. The van der Waals surface area contributed by atoms with E-state index in [1.54, 1.807) is 18.3 Å². The fourth-order valence-electron chi connectivity index (χ4n) is 3.68. The van der Waals surface area contributed by atoms with Crippen molar-refractivity contribution in [1.82, 2.24) is 14.7 Å². The Labute approximate surface area is 192 Å². The minimum absolute atomic E-state index is 0.0144. The summed E-state index contributed by atoms with van der Waals surface area (Å²) in [6.07, 6.45) is 4.36. The van der Waals surface area contributed by atoms with Gasteiger partial charge in [0.25, 0.3) is 0 Å². The molecule has 33 heavy (non-hydrogen) atoms. The molecule has 1 atom stereocenters. The number of hydrogen-bond acceptors (Lipinski definition) is 8. The molecular weight excluding hydrogens is 464 g/mol. The lowest BCUT2D eigenvalue weighted by molar-refractivity contribution is 0.560. The van der Waals surface area contributed by atoms with Gasteiger partial charge < -0.3 is 10.6 Å². The van der Waals surface area contributed by atoms with Gasteiger partial charge in [0, 0.05) is 29.2 Å². The summed E-state index contributed by atoms with van der Waals surface area (Å²) in [4.78, 5) is 8.81. The van der Waals surface area contributed by atoms with Crippen LogP contribution in [0.15, 0.2) is 53.6 Å². The van der Waals surface area contributed by atoms with Crippen LogP contribution >= 0.6 is 0 Å². The van der Waals surface area contributed by atoms with E-state index >= 15 is 0 Å². The van der Waals surface area contributed by atoms with Gasteiger partial charge in [-0.25, -0.2) is 31.7 Å². The van der Waals surface area contributed by atoms with Crippen molar-refractivity contribution in [3.8, 4) is 0 Å². The lowest BCUT2D eigenvalue weighted by Gasteiger charge is -2.15. The van der Waals surface area contributed by atoms with E-state index in [9.17, 15) is 16.8 Å². The molecule has 1 heterocycles. The SMILES string of the molecule is Cc1cnc(Nc2ccc(S(N)(=O)=O)cc2)nc1Nc1ccc2c(c1)[C@H](NS(C)(=O)=O)CC2. The zero-order chi connectivity index (χ0) is 23.8. The predicted molar refractivity (Wildman–Crippen MR) is 127 cm³/mol. The van der Waals surface area contributed by atoms with Crippen LogP contribution in [-0.4, -0.2) is 33.1 Å². The molecule has 0 spiro atoms. The average molecular weight is 489 g/mol. The normalized spacial score (nSPS) is 15.8. The molecule has 0 saturated heterocycles. The fraction of sp³-hybridized carbons (Fsp3) is 0.238. The summed E-state index contributed by atoms with van der Waals surface area (Å²) >= 11 is 0. The number of primary sulfonamides is 1. The van der Waals surface area contributed by atoms with Crippen molar-refractivity contribution in [1.29, 1.82) is 0 Å². The second kappa shape index (κ2) is 8.71. The molecule has 0 fully saturated rings. The van der Waals surface area contributed by atoms with Gasteiger partial charge in [-0.2, -0.15) is 4.98 Å². The van der Waals surface area contributed by atoms with Crippen molar-refractivity contribution in [3.05, 3.63) is 65.4 Å². The van der Waals surface area contributed by atoms with Gasteiger partial charge in [-0.05, 0) is 67.3 Å². The van der Waals surface area contributed by atoms with Crippen LogP contribution in [0.2, 0.25) is 0 Å². The molecule has 0 unspecified atom stereocenters. The van der Waals surface area contributed by atoms with Gasteiger partial charge in [0.1, 0.15) is 5.82 Å². The van der Waals surface area contributed by atoms with Crippen molar-refractivity contribution in [2.75, 3.05) is 16.9 Å². The zero-order valence-corrected chi connectivity index (χ0v) is 19.7. The highest BCUT2D eigenvalue weighted by Crippen LogP contribution is 2.34. The van der Waals surface area contributed by atoms with E-state index in [1.807, 2.05) is 25.1 Å². The Morgan fingerprint density at radius 3 is 2.36 bits per heavy atom. The first-order valence-corrected chi connectivity index (χ1v) is 13.5. The number of sulfonamides is 2. The molecule has 1 aliphatic rings. The third-order valence-electron chi connectivity index (χ3n) is 5.25. The van der Waals surface area contributed by atoms with E-state index in [-0.39, 0.29) is 10.9 Å². The summed E-state index contributed by atoms with van der Waals surface area (Å²) in [5.41, 5.74) is 4.26. The zero-order valence-electron chi connectivity index (χ0n) is 18.0. The monoisotopic (exact) mass is 488 g/mol. The Balaban J connectivity index is 1.54. The molecule has 0 radical (unpaired) electrons. The van der Waals surface area contributed by atoms with Crippen molar-refractivity contribution in [2.24, 2.45) is 5.14 Å². The molecule has 0 aliphatic heterocycles. The third kappa shape index (κ3) is 5.66. The molecular formula is C21H24N6O4S2. The van der Waals surface area contributed by atoms with Gasteiger partial charge >= 0.3 is 0 Å². The largest absolute Gasteiger partial charge is 0.340 e. The molecule has 3 aromatic rings. The van der Waals surface area contributed by atoms with Crippen LogP contribution < -0.4 is 20.5 Å². The first-order chi connectivity index (χ1) is 15.5. The molecule has 12 heteroatoms. The Morgan fingerprint density at radius 1 is 1.00 bits per heavy atom. The quantitative estimate of drug-likeness (QED) is 0.395. The van der Waals surface area contributed by atoms with Crippen LogP contribution in [0.3, 0.4) is 0 Å². The van der Waals surface area contributed by atoms with Crippen molar-refractivity contribution < 1.29 is 16.8 Å². The maximum Gasteiger partial charge on any atom is 0.238 e. The number of fused-ring (bicyclic) bond motifs is 1. The van der Waals surface area contributed by atoms with Gasteiger partial charge in [0.2, 0.25) is 26.0 Å². The maximum absolute atomic E-state index is 11.7. The van der Waals surface area contributed by atoms with E-state index in [1.165, 1.54) is 12.1 Å². The predicted octanol–water partition coefficient (Wildman–Crippen LogP) is 2.46. The summed E-state index contributed by atoms with van der Waals surface area (Å²) in [6.45, 7) is 1.87. The summed E-state index contributed by atoms with van der Waals surface area (Å²) in [5.74, 6) is 0.906. The summed E-state index contributed by atoms with van der Waals surface area (Å²) in [5, 5.41) is 11.4. The minimum atomic E-state index is -3.76. The number of aryl methyl sites for hydroxylation is 2. The number of aromatic nitrogens is 2. The fourth-order valence-corrected chi connectivity index (χ4v) is 4.96. The minimum Gasteiger partial charge on any atom is -0.340 e. The lowest BCUT2D eigenvalue weighted by atomic mass is 10.1. The standard InChI is InChI=1S/C21H24N6O4S2/c1-13-12-23-21(25-15-6-8-17(9-7-15)33(22,30)31)26-20(13)24-16-5-3-14-4-10-19(18(14)11-16)27-32(2,28)29/h3,5-9,11-12,19,27H,4,10H2,1-2H3,(H2,22,30,31)(H2,23,24,25,26)/t19-/m1/s1. The molecule has 0 saturated carbocycles. The maximum atomic E-state index is 11.7. The number of rotatable bonds is 7. The van der Waals surface area contributed by atoms with Gasteiger partial charge in [-0.3, -0.25) is 0 Å². The second-order valence-corrected chi connectivity index (χ2v) is 11.3. The number of hydrogen-bond donors (Lipinski definition) is 4. The van der Waals surface area contributed by atoms with Gasteiger partial charge in [0.15, 0.2) is 0 Å².